The highest BCUT2D eigenvalue weighted by molar-refractivity contribution is 6.30. The van der Waals surface area contributed by atoms with E-state index in [2.05, 4.69) is 5.32 Å². The lowest BCUT2D eigenvalue weighted by molar-refractivity contribution is -0.119. The van der Waals surface area contributed by atoms with Crippen molar-refractivity contribution in [2.24, 2.45) is 11.7 Å². The summed E-state index contributed by atoms with van der Waals surface area (Å²) in [6.07, 6.45) is 2.04. The number of halogens is 1. The molecule has 1 aromatic rings. The van der Waals surface area contributed by atoms with E-state index in [-0.39, 0.29) is 11.9 Å². The summed E-state index contributed by atoms with van der Waals surface area (Å²) in [5, 5.41) is 3.47. The number of hydrogen-bond donors (Lipinski definition) is 2. The van der Waals surface area contributed by atoms with Crippen LogP contribution in [0.5, 0.6) is 0 Å². The van der Waals surface area contributed by atoms with E-state index in [1.54, 1.807) is 29.2 Å². The number of piperidine rings is 1. The number of primary amides is 1. The van der Waals surface area contributed by atoms with Crippen molar-refractivity contribution in [3.05, 3.63) is 29.3 Å². The van der Waals surface area contributed by atoms with Gasteiger partial charge >= 0.3 is 6.03 Å². The first-order chi connectivity index (χ1) is 9.54. The van der Waals surface area contributed by atoms with Gasteiger partial charge in [0, 0.05) is 30.2 Å². The van der Waals surface area contributed by atoms with Crippen LogP contribution in [-0.2, 0) is 4.79 Å². The number of nitrogens with two attached hydrogens (primary N) is 1. The Morgan fingerprint density at radius 2 is 1.85 bits per heavy atom. The molecule has 0 atom stereocenters. The molecule has 108 valence electrons. The summed E-state index contributed by atoms with van der Waals surface area (Å²) in [5.74, 6) is 0.0288. The van der Waals surface area contributed by atoms with E-state index in [9.17, 15) is 9.59 Å². The van der Waals surface area contributed by atoms with E-state index >= 15 is 0 Å². The Bertz CT molecular complexity index is 482. The maximum atomic E-state index is 12.1. The molecule has 3 N–H and O–H groups in total. The average Bonchev–Trinajstić information content (AvgIpc) is 2.41. The van der Waals surface area contributed by atoms with Gasteiger partial charge in [0.2, 0.25) is 5.91 Å². The monoisotopic (exact) mass is 295 g/mol. The van der Waals surface area contributed by atoms with E-state index in [1.807, 2.05) is 0 Å². The predicted octanol–water partition coefficient (Wildman–Crippen LogP) is 2.46. The van der Waals surface area contributed by atoms with Crippen LogP contribution in [-0.4, -0.2) is 29.9 Å². The Morgan fingerprint density at radius 1 is 1.25 bits per heavy atom. The first kappa shape index (κ1) is 14.7. The molecule has 20 heavy (non-hydrogen) atoms. The van der Waals surface area contributed by atoms with Crippen molar-refractivity contribution in [1.82, 2.24) is 4.90 Å². The van der Waals surface area contributed by atoms with Crippen LogP contribution in [0.25, 0.3) is 0 Å². The molecule has 1 fully saturated rings. The zero-order valence-corrected chi connectivity index (χ0v) is 11.9. The summed E-state index contributed by atoms with van der Waals surface area (Å²) in [6, 6.07) is 6.87. The smallest absolute Gasteiger partial charge is 0.321 e. The van der Waals surface area contributed by atoms with Crippen LogP contribution in [0.15, 0.2) is 24.3 Å². The summed E-state index contributed by atoms with van der Waals surface area (Å²) in [4.78, 5) is 24.7. The molecule has 1 aliphatic rings. The number of nitrogens with one attached hydrogen (secondary N) is 1. The van der Waals surface area contributed by atoms with Crippen molar-refractivity contribution in [3.8, 4) is 0 Å². The third-order valence-corrected chi connectivity index (χ3v) is 3.74. The van der Waals surface area contributed by atoms with E-state index in [0.29, 0.717) is 30.5 Å². The van der Waals surface area contributed by atoms with Crippen LogP contribution in [0.3, 0.4) is 0 Å². The number of likely N-dealkylation sites (tertiary alicyclic amines) is 1. The maximum Gasteiger partial charge on any atom is 0.321 e. The third-order valence-electron chi connectivity index (χ3n) is 3.49. The number of carbonyl (C=O) groups is 2. The van der Waals surface area contributed by atoms with Crippen LogP contribution >= 0.6 is 11.6 Å². The van der Waals surface area contributed by atoms with Crippen molar-refractivity contribution in [2.45, 2.75) is 19.3 Å². The number of carbonyl (C=O) groups excluding carboxylic acids is 2. The SMILES string of the molecule is NC(=O)CC1CCN(C(=O)Nc2ccc(Cl)cc2)CC1. The molecule has 6 heteroatoms. The standard InChI is InChI=1S/C14H18ClN3O2/c15-11-1-3-12(4-2-11)17-14(20)18-7-5-10(6-8-18)9-13(16)19/h1-4,10H,5-9H2,(H2,16,19)(H,17,20). The van der Waals surface area contributed by atoms with Crippen molar-refractivity contribution in [2.75, 3.05) is 18.4 Å². The molecule has 2 rings (SSSR count). The molecule has 0 aromatic heterocycles. The van der Waals surface area contributed by atoms with Crippen LogP contribution in [0.4, 0.5) is 10.5 Å². The van der Waals surface area contributed by atoms with Gasteiger partial charge < -0.3 is 16.0 Å². The fraction of sp³-hybridized carbons (Fsp3) is 0.429. The zero-order valence-electron chi connectivity index (χ0n) is 11.1. The highest BCUT2D eigenvalue weighted by Crippen LogP contribution is 2.21. The molecule has 1 saturated heterocycles. The molecule has 3 amide bonds. The van der Waals surface area contributed by atoms with Gasteiger partial charge in [-0.2, -0.15) is 0 Å². The highest BCUT2D eigenvalue weighted by atomic mass is 35.5. The average molecular weight is 296 g/mol. The largest absolute Gasteiger partial charge is 0.370 e. The fourth-order valence-electron chi connectivity index (χ4n) is 2.36. The second-order valence-corrected chi connectivity index (χ2v) is 5.47. The Hall–Kier alpha value is -1.75. The second kappa shape index (κ2) is 6.61. The Kier molecular flexibility index (Phi) is 4.84. The number of nitrogens with zero attached hydrogens (tertiary/aromatic N) is 1. The number of rotatable bonds is 3. The van der Waals surface area contributed by atoms with Gasteiger partial charge in [-0.3, -0.25) is 4.79 Å². The minimum atomic E-state index is -0.269. The van der Waals surface area contributed by atoms with Crippen LogP contribution in [0.2, 0.25) is 5.02 Å². The first-order valence-electron chi connectivity index (χ1n) is 6.64. The van der Waals surface area contributed by atoms with Gasteiger partial charge in [-0.25, -0.2) is 4.79 Å². The molecule has 0 spiro atoms. The highest BCUT2D eigenvalue weighted by Gasteiger charge is 2.23. The first-order valence-corrected chi connectivity index (χ1v) is 7.02. The molecule has 1 heterocycles. The topological polar surface area (TPSA) is 75.4 Å². The summed E-state index contributed by atoms with van der Waals surface area (Å²) < 4.78 is 0. The van der Waals surface area contributed by atoms with E-state index in [4.69, 9.17) is 17.3 Å². The molecule has 0 radical (unpaired) electrons. The van der Waals surface area contributed by atoms with E-state index in [0.717, 1.165) is 18.5 Å². The molecular weight excluding hydrogens is 278 g/mol. The van der Waals surface area contributed by atoms with Gasteiger partial charge in [0.15, 0.2) is 0 Å². The van der Waals surface area contributed by atoms with E-state index in [1.165, 1.54) is 0 Å². The van der Waals surface area contributed by atoms with Crippen molar-refractivity contribution < 1.29 is 9.59 Å². The number of benzene rings is 1. The number of anilines is 1. The quantitative estimate of drug-likeness (QED) is 0.899. The molecule has 0 unspecified atom stereocenters. The molecule has 0 saturated carbocycles. The molecule has 0 bridgehead atoms. The maximum absolute atomic E-state index is 12.1. The second-order valence-electron chi connectivity index (χ2n) is 5.04. The van der Waals surface area contributed by atoms with Crippen molar-refractivity contribution >= 4 is 29.2 Å². The van der Waals surface area contributed by atoms with Crippen LogP contribution in [0, 0.1) is 5.92 Å². The summed E-state index contributed by atoms with van der Waals surface area (Å²) in [5.41, 5.74) is 5.91. The van der Waals surface area contributed by atoms with Gasteiger partial charge in [0.25, 0.3) is 0 Å². The minimum absolute atomic E-state index is 0.121. The van der Waals surface area contributed by atoms with Gasteiger partial charge in [-0.05, 0) is 43.0 Å². The third kappa shape index (κ3) is 4.13. The summed E-state index contributed by atoms with van der Waals surface area (Å²) in [7, 11) is 0. The lowest BCUT2D eigenvalue weighted by Gasteiger charge is -2.31. The normalized spacial score (nSPS) is 15.9. The zero-order chi connectivity index (χ0) is 14.5. The van der Waals surface area contributed by atoms with Gasteiger partial charge in [-0.1, -0.05) is 11.6 Å². The molecule has 1 aliphatic heterocycles. The minimum Gasteiger partial charge on any atom is -0.370 e. The lowest BCUT2D eigenvalue weighted by Crippen LogP contribution is -2.41. The number of urea groups is 1. The van der Waals surface area contributed by atoms with Crippen molar-refractivity contribution in [1.29, 1.82) is 0 Å². The Morgan fingerprint density at radius 3 is 2.40 bits per heavy atom. The van der Waals surface area contributed by atoms with E-state index < -0.39 is 0 Å². The summed E-state index contributed by atoms with van der Waals surface area (Å²) in [6.45, 7) is 1.30. The Balaban J connectivity index is 1.82. The number of hydrogen-bond acceptors (Lipinski definition) is 2. The summed E-state index contributed by atoms with van der Waals surface area (Å²) >= 11 is 5.79. The molecular formula is C14H18ClN3O2. The van der Waals surface area contributed by atoms with Gasteiger partial charge in [0.1, 0.15) is 0 Å². The van der Waals surface area contributed by atoms with Crippen LogP contribution in [0.1, 0.15) is 19.3 Å². The number of amides is 3. The van der Waals surface area contributed by atoms with Gasteiger partial charge in [0.05, 0.1) is 0 Å². The fourth-order valence-corrected chi connectivity index (χ4v) is 2.49. The molecule has 0 aliphatic carbocycles. The van der Waals surface area contributed by atoms with Crippen molar-refractivity contribution in [3.63, 3.8) is 0 Å². The molecule has 5 nitrogen and oxygen atoms in total. The molecule has 1 aromatic carbocycles. The predicted molar refractivity (Wildman–Crippen MR) is 78.6 cm³/mol. The van der Waals surface area contributed by atoms with Gasteiger partial charge in [-0.15, -0.1) is 0 Å². The lowest BCUT2D eigenvalue weighted by atomic mass is 9.93. The Labute approximate surface area is 123 Å². The van der Waals surface area contributed by atoms with Crippen LogP contribution < -0.4 is 11.1 Å².